The number of alkyl halides is 4. The molecule has 1 aromatic heterocycles. The molecule has 0 saturated carbocycles. The number of aryl methyl sites for hydroxylation is 1. The van der Waals surface area contributed by atoms with Crippen molar-refractivity contribution in [3.05, 3.63) is 18.0 Å². The number of rotatable bonds is 6. The minimum atomic E-state index is -4.03. The SMILES string of the molecule is CNC(C(=O)N1CCN(CC(F)(F)C(F)F)CC1)c1cnn(C)c1.Cl.Cl. The van der Waals surface area contributed by atoms with E-state index in [1.165, 1.54) is 4.90 Å². The summed E-state index contributed by atoms with van der Waals surface area (Å²) in [4.78, 5) is 15.4. The molecule has 152 valence electrons. The second kappa shape index (κ2) is 10.3. The molecule has 0 spiro atoms. The minimum absolute atomic E-state index is 0. The first-order valence-corrected chi connectivity index (χ1v) is 7.57. The predicted octanol–water partition coefficient (Wildman–Crippen LogP) is 1.57. The molecule has 1 fully saturated rings. The summed E-state index contributed by atoms with van der Waals surface area (Å²) in [6, 6.07) is -0.576. The first kappa shape index (κ1) is 24.9. The number of likely N-dealkylation sites (N-methyl/N-ethyl adjacent to an activating group) is 1. The first-order valence-electron chi connectivity index (χ1n) is 7.57. The van der Waals surface area contributed by atoms with Crippen LogP contribution in [0.2, 0.25) is 0 Å². The summed E-state index contributed by atoms with van der Waals surface area (Å²) >= 11 is 0. The van der Waals surface area contributed by atoms with Gasteiger partial charge in [0.15, 0.2) is 0 Å². The highest BCUT2D eigenvalue weighted by molar-refractivity contribution is 5.85. The predicted molar refractivity (Wildman–Crippen MR) is 93.5 cm³/mol. The van der Waals surface area contributed by atoms with Crippen LogP contribution in [0.25, 0.3) is 0 Å². The van der Waals surface area contributed by atoms with Gasteiger partial charge in [-0.15, -0.1) is 24.8 Å². The minimum Gasteiger partial charge on any atom is -0.338 e. The number of halogens is 6. The second-order valence-electron chi connectivity index (χ2n) is 5.83. The molecule has 0 radical (unpaired) electrons. The third-order valence-corrected chi connectivity index (χ3v) is 4.03. The number of carbonyl (C=O) groups is 1. The quantitative estimate of drug-likeness (QED) is 0.705. The van der Waals surface area contributed by atoms with E-state index < -0.39 is 24.9 Å². The Labute approximate surface area is 161 Å². The van der Waals surface area contributed by atoms with Gasteiger partial charge in [0.2, 0.25) is 5.91 Å². The molecule has 1 saturated heterocycles. The fourth-order valence-electron chi connectivity index (χ4n) is 2.70. The van der Waals surface area contributed by atoms with E-state index >= 15 is 0 Å². The highest BCUT2D eigenvalue weighted by Gasteiger charge is 2.43. The summed E-state index contributed by atoms with van der Waals surface area (Å²) in [5.74, 6) is -4.22. The molecule has 6 nitrogen and oxygen atoms in total. The van der Waals surface area contributed by atoms with E-state index in [2.05, 4.69) is 10.4 Å². The van der Waals surface area contributed by atoms with Crippen LogP contribution in [-0.2, 0) is 11.8 Å². The van der Waals surface area contributed by atoms with E-state index in [4.69, 9.17) is 0 Å². The molecule has 0 aliphatic carbocycles. The Balaban J connectivity index is 0.00000312. The smallest absolute Gasteiger partial charge is 0.319 e. The Kier molecular flexibility index (Phi) is 9.85. The molecule has 2 rings (SSSR count). The molecule has 1 unspecified atom stereocenters. The molecule has 2 heterocycles. The summed E-state index contributed by atoms with van der Waals surface area (Å²) < 4.78 is 52.3. The van der Waals surface area contributed by atoms with Gasteiger partial charge in [-0.2, -0.15) is 13.9 Å². The van der Waals surface area contributed by atoms with Crippen molar-refractivity contribution in [1.29, 1.82) is 0 Å². The second-order valence-corrected chi connectivity index (χ2v) is 5.83. The van der Waals surface area contributed by atoms with Gasteiger partial charge in [0.05, 0.1) is 12.7 Å². The Hall–Kier alpha value is -1.10. The lowest BCUT2D eigenvalue weighted by Crippen LogP contribution is -2.54. The van der Waals surface area contributed by atoms with Crippen LogP contribution in [-0.4, -0.2) is 77.6 Å². The average Bonchev–Trinajstić information content (AvgIpc) is 2.94. The lowest BCUT2D eigenvalue weighted by molar-refractivity contribution is -0.149. The van der Waals surface area contributed by atoms with Crippen LogP contribution in [0.4, 0.5) is 17.6 Å². The van der Waals surface area contributed by atoms with Crippen molar-refractivity contribution in [1.82, 2.24) is 24.9 Å². The maximum absolute atomic E-state index is 13.1. The third kappa shape index (κ3) is 5.97. The van der Waals surface area contributed by atoms with E-state index in [0.29, 0.717) is 5.56 Å². The van der Waals surface area contributed by atoms with Crippen LogP contribution < -0.4 is 5.32 Å². The van der Waals surface area contributed by atoms with Crippen LogP contribution in [0.3, 0.4) is 0 Å². The zero-order valence-electron chi connectivity index (χ0n) is 14.4. The van der Waals surface area contributed by atoms with Crippen molar-refractivity contribution in [2.75, 3.05) is 39.8 Å². The summed E-state index contributed by atoms with van der Waals surface area (Å²) in [6.45, 7) is -0.285. The summed E-state index contributed by atoms with van der Waals surface area (Å²) in [7, 11) is 3.39. The monoisotopic (exact) mass is 423 g/mol. The van der Waals surface area contributed by atoms with Crippen molar-refractivity contribution >= 4 is 30.7 Å². The van der Waals surface area contributed by atoms with E-state index in [1.54, 1.807) is 36.1 Å². The van der Waals surface area contributed by atoms with Crippen molar-refractivity contribution in [2.45, 2.75) is 18.4 Å². The Bertz CT molecular complexity index is 567. The van der Waals surface area contributed by atoms with Gasteiger partial charge in [-0.25, -0.2) is 8.78 Å². The lowest BCUT2D eigenvalue weighted by atomic mass is 10.1. The number of nitrogens with one attached hydrogen (secondary N) is 1. The van der Waals surface area contributed by atoms with Crippen LogP contribution >= 0.6 is 24.8 Å². The maximum atomic E-state index is 13.1. The largest absolute Gasteiger partial charge is 0.338 e. The highest BCUT2D eigenvalue weighted by Crippen LogP contribution is 2.25. The molecule has 0 bridgehead atoms. The van der Waals surface area contributed by atoms with Crippen molar-refractivity contribution in [3.63, 3.8) is 0 Å². The molecule has 1 atom stereocenters. The molecular formula is C14H23Cl2F4N5O. The van der Waals surface area contributed by atoms with Gasteiger partial charge in [0.1, 0.15) is 6.04 Å². The van der Waals surface area contributed by atoms with Crippen molar-refractivity contribution < 1.29 is 22.4 Å². The van der Waals surface area contributed by atoms with E-state index in [9.17, 15) is 22.4 Å². The Morgan fingerprint density at radius 2 is 1.85 bits per heavy atom. The standard InChI is InChI=1S/C14H21F4N5O.2ClH/c1-19-11(10-7-20-21(2)8-10)12(24)23-5-3-22(4-6-23)9-14(17,18)13(15)16;;/h7-8,11,13,19H,3-6,9H2,1-2H3;2*1H. The number of aromatic nitrogens is 2. The number of piperazine rings is 1. The molecular weight excluding hydrogens is 401 g/mol. The van der Waals surface area contributed by atoms with Gasteiger partial charge in [0.25, 0.3) is 0 Å². The number of nitrogens with zero attached hydrogens (tertiary/aromatic N) is 4. The molecule has 1 N–H and O–H groups in total. The van der Waals surface area contributed by atoms with Crippen LogP contribution in [0.1, 0.15) is 11.6 Å². The third-order valence-electron chi connectivity index (χ3n) is 4.03. The van der Waals surface area contributed by atoms with Crippen molar-refractivity contribution in [3.8, 4) is 0 Å². The van der Waals surface area contributed by atoms with Gasteiger partial charge in [0, 0.05) is 45.0 Å². The van der Waals surface area contributed by atoms with E-state index in [-0.39, 0.29) is 56.9 Å². The summed E-state index contributed by atoms with van der Waals surface area (Å²) in [5, 5.41) is 6.94. The average molecular weight is 424 g/mol. The molecule has 1 aliphatic heterocycles. The van der Waals surface area contributed by atoms with Gasteiger partial charge in [-0.1, -0.05) is 0 Å². The molecule has 0 aromatic carbocycles. The lowest BCUT2D eigenvalue weighted by Gasteiger charge is -2.37. The van der Waals surface area contributed by atoms with Crippen LogP contribution in [0, 0.1) is 0 Å². The topological polar surface area (TPSA) is 53.4 Å². The summed E-state index contributed by atoms with van der Waals surface area (Å²) in [6.07, 6.45) is -0.381. The van der Waals surface area contributed by atoms with E-state index in [1.807, 2.05) is 0 Å². The highest BCUT2D eigenvalue weighted by atomic mass is 35.5. The maximum Gasteiger partial charge on any atom is 0.319 e. The molecule has 12 heteroatoms. The van der Waals surface area contributed by atoms with Crippen molar-refractivity contribution in [2.24, 2.45) is 7.05 Å². The zero-order valence-corrected chi connectivity index (χ0v) is 16.0. The van der Waals surface area contributed by atoms with Crippen LogP contribution in [0.15, 0.2) is 12.4 Å². The molecule has 1 amide bonds. The van der Waals surface area contributed by atoms with Gasteiger partial charge < -0.3 is 10.2 Å². The molecule has 26 heavy (non-hydrogen) atoms. The Morgan fingerprint density at radius 1 is 1.27 bits per heavy atom. The fourth-order valence-corrected chi connectivity index (χ4v) is 2.70. The number of hydrogen-bond donors (Lipinski definition) is 1. The van der Waals surface area contributed by atoms with E-state index in [0.717, 1.165) is 0 Å². The molecule has 1 aliphatic rings. The molecule has 1 aromatic rings. The van der Waals surface area contributed by atoms with Gasteiger partial charge in [-0.3, -0.25) is 14.4 Å². The van der Waals surface area contributed by atoms with Gasteiger partial charge >= 0.3 is 12.3 Å². The van der Waals surface area contributed by atoms with Gasteiger partial charge in [-0.05, 0) is 7.05 Å². The fraction of sp³-hybridized carbons (Fsp3) is 0.714. The number of hydrogen-bond acceptors (Lipinski definition) is 4. The zero-order chi connectivity index (χ0) is 17.9. The first-order chi connectivity index (χ1) is 11.2. The summed E-state index contributed by atoms with van der Waals surface area (Å²) in [5.41, 5.74) is 0.705. The normalized spacial score (nSPS) is 16.8. The number of carbonyl (C=O) groups excluding carboxylic acids is 1. The van der Waals surface area contributed by atoms with Crippen LogP contribution in [0.5, 0.6) is 0 Å². The number of amides is 1. The Morgan fingerprint density at radius 3 is 2.27 bits per heavy atom.